The predicted molar refractivity (Wildman–Crippen MR) is 97.3 cm³/mol. The average Bonchev–Trinajstić information content (AvgIpc) is 2.91. The molecule has 2 aromatic carbocycles. The molecule has 0 atom stereocenters. The van der Waals surface area contributed by atoms with Crippen LogP contribution in [-0.2, 0) is 6.54 Å². The van der Waals surface area contributed by atoms with Crippen LogP contribution >= 0.6 is 0 Å². The topological polar surface area (TPSA) is 41.0 Å². The summed E-state index contributed by atoms with van der Waals surface area (Å²) in [6.07, 6.45) is 2.04. The molecule has 0 saturated carbocycles. The number of aromatic nitrogens is 2. The van der Waals surface area contributed by atoms with Crippen molar-refractivity contribution >= 4 is 11.0 Å². The lowest BCUT2D eigenvalue weighted by Gasteiger charge is -2.32. The third-order valence-electron chi connectivity index (χ3n) is 5.04. The number of H-pyrrole nitrogens is 1. The van der Waals surface area contributed by atoms with Crippen molar-refractivity contribution in [1.29, 1.82) is 0 Å². The summed E-state index contributed by atoms with van der Waals surface area (Å²) in [7, 11) is 0. The van der Waals surface area contributed by atoms with E-state index >= 15 is 0 Å². The molecule has 124 valence electrons. The molecule has 0 spiro atoms. The molecule has 4 heteroatoms. The summed E-state index contributed by atoms with van der Waals surface area (Å²) in [5, 5.41) is 0. The van der Waals surface area contributed by atoms with Crippen LogP contribution in [0.5, 0.6) is 0 Å². The highest BCUT2D eigenvalue weighted by atomic mass is 16.1. The van der Waals surface area contributed by atoms with Crippen LogP contribution in [0.2, 0.25) is 0 Å². The summed E-state index contributed by atoms with van der Waals surface area (Å²) in [4.78, 5) is 17.9. The van der Waals surface area contributed by atoms with Gasteiger partial charge in [-0.15, -0.1) is 0 Å². The molecule has 1 aliphatic heterocycles. The number of aryl methyl sites for hydroxylation is 1. The molecular formula is C20H23N3O. The van der Waals surface area contributed by atoms with Crippen molar-refractivity contribution in [2.45, 2.75) is 32.4 Å². The summed E-state index contributed by atoms with van der Waals surface area (Å²) in [5.74, 6) is 0. The Bertz CT molecular complexity index is 886. The standard InChI is InChI=1S/C20H23N3O/c1-15-7-8-19-18(13-15)21-20(24)23(19)17-9-11-22(12-10-17)14-16-5-3-2-4-6-16/h2-8,13,17H,9-12,14H2,1H3,(H,21,24). The number of likely N-dealkylation sites (tertiary alicyclic amines) is 1. The predicted octanol–water partition coefficient (Wildman–Crippen LogP) is 3.48. The van der Waals surface area contributed by atoms with Gasteiger partial charge >= 0.3 is 5.69 Å². The van der Waals surface area contributed by atoms with Gasteiger partial charge in [-0.1, -0.05) is 36.4 Å². The SMILES string of the molecule is Cc1ccc2c(c1)[nH]c(=O)n2C1CCN(Cc2ccccc2)CC1. The van der Waals surface area contributed by atoms with E-state index in [1.54, 1.807) is 0 Å². The van der Waals surface area contributed by atoms with Crippen LogP contribution in [0.15, 0.2) is 53.3 Å². The van der Waals surface area contributed by atoms with Crippen LogP contribution in [0.3, 0.4) is 0 Å². The van der Waals surface area contributed by atoms with Gasteiger partial charge < -0.3 is 4.98 Å². The van der Waals surface area contributed by atoms with Crippen LogP contribution in [0, 0.1) is 6.92 Å². The van der Waals surface area contributed by atoms with E-state index in [0.29, 0.717) is 6.04 Å². The highest BCUT2D eigenvalue weighted by Crippen LogP contribution is 2.26. The molecule has 1 fully saturated rings. The molecule has 0 unspecified atom stereocenters. The molecule has 0 amide bonds. The van der Waals surface area contributed by atoms with E-state index in [4.69, 9.17) is 0 Å². The van der Waals surface area contributed by atoms with Gasteiger partial charge in [-0.3, -0.25) is 9.47 Å². The van der Waals surface area contributed by atoms with Crippen LogP contribution in [0.4, 0.5) is 0 Å². The Balaban J connectivity index is 1.50. The number of nitrogens with one attached hydrogen (secondary N) is 1. The van der Waals surface area contributed by atoms with Gasteiger partial charge in [0, 0.05) is 25.7 Å². The minimum Gasteiger partial charge on any atom is -0.306 e. The Morgan fingerprint density at radius 2 is 1.83 bits per heavy atom. The summed E-state index contributed by atoms with van der Waals surface area (Å²) in [6.45, 7) is 5.11. The number of benzene rings is 2. The zero-order valence-electron chi connectivity index (χ0n) is 14.0. The molecule has 1 N–H and O–H groups in total. The van der Waals surface area contributed by atoms with Gasteiger partial charge in [-0.05, 0) is 43.0 Å². The van der Waals surface area contributed by atoms with E-state index < -0.39 is 0 Å². The molecule has 4 rings (SSSR count). The maximum atomic E-state index is 12.4. The largest absolute Gasteiger partial charge is 0.326 e. The molecule has 4 nitrogen and oxygen atoms in total. The minimum absolute atomic E-state index is 0.0251. The molecule has 3 aromatic rings. The molecule has 24 heavy (non-hydrogen) atoms. The number of piperidine rings is 1. The monoisotopic (exact) mass is 321 g/mol. The Labute approximate surface area is 141 Å². The van der Waals surface area contributed by atoms with Gasteiger partial charge in [0.25, 0.3) is 0 Å². The molecule has 1 saturated heterocycles. The first kappa shape index (κ1) is 15.2. The van der Waals surface area contributed by atoms with Crippen molar-refractivity contribution in [2.75, 3.05) is 13.1 Å². The summed E-state index contributed by atoms with van der Waals surface area (Å²) >= 11 is 0. The van der Waals surface area contributed by atoms with Crippen LogP contribution < -0.4 is 5.69 Å². The van der Waals surface area contributed by atoms with Gasteiger partial charge in [0.2, 0.25) is 0 Å². The summed E-state index contributed by atoms with van der Waals surface area (Å²) in [6, 6.07) is 17.1. The first-order chi connectivity index (χ1) is 11.7. The maximum absolute atomic E-state index is 12.4. The second-order valence-corrected chi connectivity index (χ2v) is 6.81. The smallest absolute Gasteiger partial charge is 0.306 e. The van der Waals surface area contributed by atoms with Crippen molar-refractivity contribution in [1.82, 2.24) is 14.5 Å². The maximum Gasteiger partial charge on any atom is 0.326 e. The third kappa shape index (κ3) is 2.89. The number of hydrogen-bond acceptors (Lipinski definition) is 2. The number of rotatable bonds is 3. The third-order valence-corrected chi connectivity index (χ3v) is 5.04. The Hall–Kier alpha value is -2.33. The number of aromatic amines is 1. The number of hydrogen-bond donors (Lipinski definition) is 1. The van der Waals surface area contributed by atoms with E-state index in [1.807, 2.05) is 4.57 Å². The van der Waals surface area contributed by atoms with Crippen molar-refractivity contribution in [2.24, 2.45) is 0 Å². The van der Waals surface area contributed by atoms with Gasteiger partial charge in [-0.2, -0.15) is 0 Å². The summed E-state index contributed by atoms with van der Waals surface area (Å²) < 4.78 is 1.97. The van der Waals surface area contributed by atoms with Crippen LogP contribution in [0.25, 0.3) is 11.0 Å². The fourth-order valence-electron chi connectivity index (χ4n) is 3.78. The Kier molecular flexibility index (Phi) is 3.98. The van der Waals surface area contributed by atoms with E-state index in [-0.39, 0.29) is 5.69 Å². The van der Waals surface area contributed by atoms with Crippen molar-refractivity contribution < 1.29 is 0 Å². The molecule has 1 aliphatic rings. The second kappa shape index (κ2) is 6.29. The Morgan fingerprint density at radius 3 is 2.58 bits per heavy atom. The normalized spacial score (nSPS) is 16.7. The molecule has 0 radical (unpaired) electrons. The Morgan fingerprint density at radius 1 is 1.08 bits per heavy atom. The lowest BCUT2D eigenvalue weighted by atomic mass is 10.0. The van der Waals surface area contributed by atoms with Gasteiger partial charge in [0.1, 0.15) is 0 Å². The fraction of sp³-hybridized carbons (Fsp3) is 0.350. The second-order valence-electron chi connectivity index (χ2n) is 6.81. The first-order valence-corrected chi connectivity index (χ1v) is 8.68. The quantitative estimate of drug-likeness (QED) is 0.802. The molecule has 2 heterocycles. The fourth-order valence-corrected chi connectivity index (χ4v) is 3.78. The molecule has 0 bridgehead atoms. The number of nitrogens with zero attached hydrogens (tertiary/aromatic N) is 2. The summed E-state index contributed by atoms with van der Waals surface area (Å²) in [5.41, 5.74) is 4.54. The lowest BCUT2D eigenvalue weighted by molar-refractivity contribution is 0.180. The van der Waals surface area contributed by atoms with E-state index in [2.05, 4.69) is 65.3 Å². The molecular weight excluding hydrogens is 298 g/mol. The van der Waals surface area contributed by atoms with Crippen LogP contribution in [0.1, 0.15) is 30.0 Å². The van der Waals surface area contributed by atoms with Gasteiger partial charge in [0.05, 0.1) is 11.0 Å². The van der Waals surface area contributed by atoms with Gasteiger partial charge in [-0.25, -0.2) is 4.79 Å². The minimum atomic E-state index is 0.0251. The van der Waals surface area contributed by atoms with E-state index in [9.17, 15) is 4.79 Å². The number of fused-ring (bicyclic) bond motifs is 1. The van der Waals surface area contributed by atoms with Crippen molar-refractivity contribution in [3.8, 4) is 0 Å². The van der Waals surface area contributed by atoms with E-state index in [1.165, 1.54) is 11.1 Å². The van der Waals surface area contributed by atoms with Crippen LogP contribution in [-0.4, -0.2) is 27.5 Å². The number of imidazole rings is 1. The lowest BCUT2D eigenvalue weighted by Crippen LogP contribution is -2.36. The van der Waals surface area contributed by atoms with Gasteiger partial charge in [0.15, 0.2) is 0 Å². The van der Waals surface area contributed by atoms with Crippen molar-refractivity contribution in [3.63, 3.8) is 0 Å². The molecule has 1 aromatic heterocycles. The zero-order chi connectivity index (χ0) is 16.5. The highest BCUT2D eigenvalue weighted by molar-refractivity contribution is 5.76. The highest BCUT2D eigenvalue weighted by Gasteiger charge is 2.23. The van der Waals surface area contributed by atoms with E-state index in [0.717, 1.165) is 43.5 Å². The zero-order valence-corrected chi connectivity index (χ0v) is 14.0. The molecule has 0 aliphatic carbocycles. The first-order valence-electron chi connectivity index (χ1n) is 8.68. The average molecular weight is 321 g/mol. The van der Waals surface area contributed by atoms with Crippen molar-refractivity contribution in [3.05, 3.63) is 70.1 Å².